The van der Waals surface area contributed by atoms with Gasteiger partial charge in [0.1, 0.15) is 5.57 Å². The number of ether oxygens (including phenoxy) is 2. The molecule has 7 nitrogen and oxygen atoms in total. The Hall–Kier alpha value is -4.39. The van der Waals surface area contributed by atoms with Crippen LogP contribution in [0.2, 0.25) is 0 Å². The first-order valence-electron chi connectivity index (χ1n) is 11.4. The molecule has 3 aromatic rings. The van der Waals surface area contributed by atoms with E-state index in [4.69, 9.17) is 9.47 Å². The number of amides is 4. The molecule has 0 unspecified atom stereocenters. The quantitative estimate of drug-likeness (QED) is 0.248. The highest BCUT2D eigenvalue weighted by atomic mass is 16.5. The first-order chi connectivity index (χ1) is 17.0. The molecular weight excluding hydrogens is 444 g/mol. The van der Waals surface area contributed by atoms with E-state index in [0.29, 0.717) is 35.0 Å². The van der Waals surface area contributed by atoms with Crippen molar-refractivity contribution in [2.45, 2.75) is 19.8 Å². The van der Waals surface area contributed by atoms with Gasteiger partial charge in [0.2, 0.25) is 0 Å². The third-order valence-corrected chi connectivity index (χ3v) is 5.53. The van der Waals surface area contributed by atoms with E-state index in [0.717, 1.165) is 22.6 Å². The first-order valence-corrected chi connectivity index (χ1v) is 11.4. The first kappa shape index (κ1) is 23.8. The number of hydrogen-bond donors (Lipinski definition) is 0. The number of anilines is 2. The molecular formula is C28H26N2O5. The molecule has 0 bridgehead atoms. The van der Waals surface area contributed by atoms with Gasteiger partial charge in [-0.1, -0.05) is 55.8 Å². The normalized spacial score (nSPS) is 13.8. The molecule has 178 valence electrons. The average Bonchev–Trinajstić information content (AvgIpc) is 2.88. The number of carbonyl (C=O) groups excluding carboxylic acids is 3. The van der Waals surface area contributed by atoms with Crippen molar-refractivity contribution in [1.82, 2.24) is 0 Å². The Bertz CT molecular complexity index is 1190. The summed E-state index contributed by atoms with van der Waals surface area (Å²) in [7, 11) is 1.53. The van der Waals surface area contributed by atoms with E-state index in [1.165, 1.54) is 13.2 Å². The van der Waals surface area contributed by atoms with Gasteiger partial charge in [0.15, 0.2) is 11.5 Å². The lowest BCUT2D eigenvalue weighted by molar-refractivity contribution is -0.121. The molecule has 0 N–H and O–H groups in total. The summed E-state index contributed by atoms with van der Waals surface area (Å²) in [6, 6.07) is 21.5. The number of benzene rings is 3. The summed E-state index contributed by atoms with van der Waals surface area (Å²) in [6.07, 6.45) is 3.39. The number of hydrogen-bond acceptors (Lipinski definition) is 5. The summed E-state index contributed by atoms with van der Waals surface area (Å²) in [6.45, 7) is 2.64. The summed E-state index contributed by atoms with van der Waals surface area (Å²) in [5, 5.41) is 0. The van der Waals surface area contributed by atoms with Crippen LogP contribution in [0.1, 0.15) is 25.3 Å². The lowest BCUT2D eigenvalue weighted by Crippen LogP contribution is -2.57. The maximum Gasteiger partial charge on any atom is 0.343 e. The maximum atomic E-state index is 13.5. The van der Waals surface area contributed by atoms with Crippen LogP contribution in [0.4, 0.5) is 16.2 Å². The Balaban J connectivity index is 1.77. The van der Waals surface area contributed by atoms with Crippen LogP contribution in [0, 0.1) is 0 Å². The molecule has 0 spiro atoms. The highest BCUT2D eigenvalue weighted by Gasteiger charge is 2.43. The molecule has 3 aromatic carbocycles. The number of imide groups is 2. The summed E-state index contributed by atoms with van der Waals surface area (Å²) >= 11 is 0. The molecule has 0 aliphatic carbocycles. The van der Waals surface area contributed by atoms with Crippen LogP contribution in [0.3, 0.4) is 0 Å². The smallest absolute Gasteiger partial charge is 0.343 e. The number of unbranched alkanes of at least 4 members (excludes halogenated alkanes) is 1. The largest absolute Gasteiger partial charge is 0.493 e. The van der Waals surface area contributed by atoms with Crippen molar-refractivity contribution < 1.29 is 23.9 Å². The van der Waals surface area contributed by atoms with Gasteiger partial charge in [-0.05, 0) is 54.5 Å². The standard InChI is InChI=1S/C28H26N2O5/c1-3-4-17-35-24-16-15-20(19-25(24)34-2)18-23-26(31)29(21-11-7-5-8-12-21)28(33)30(27(23)32)22-13-9-6-10-14-22/h5-16,18-19H,3-4,17H2,1-2H3. The third-order valence-electron chi connectivity index (χ3n) is 5.53. The highest BCUT2D eigenvalue weighted by Crippen LogP contribution is 2.32. The molecule has 1 aliphatic rings. The molecule has 4 rings (SSSR count). The minimum absolute atomic E-state index is 0.140. The molecule has 35 heavy (non-hydrogen) atoms. The van der Waals surface area contributed by atoms with Crippen LogP contribution < -0.4 is 19.3 Å². The molecule has 0 aromatic heterocycles. The van der Waals surface area contributed by atoms with Gasteiger partial charge in [0.25, 0.3) is 11.8 Å². The van der Waals surface area contributed by atoms with Crippen molar-refractivity contribution in [1.29, 1.82) is 0 Å². The Morgan fingerprint density at radius 3 is 1.86 bits per heavy atom. The second kappa shape index (κ2) is 10.7. The molecule has 7 heteroatoms. The Morgan fingerprint density at radius 1 is 0.771 bits per heavy atom. The van der Waals surface area contributed by atoms with Gasteiger partial charge in [-0.2, -0.15) is 0 Å². The van der Waals surface area contributed by atoms with E-state index in [-0.39, 0.29) is 5.57 Å². The van der Waals surface area contributed by atoms with E-state index in [2.05, 4.69) is 6.92 Å². The van der Waals surface area contributed by atoms with Crippen molar-refractivity contribution >= 4 is 35.3 Å². The minimum Gasteiger partial charge on any atom is -0.493 e. The van der Waals surface area contributed by atoms with Crippen molar-refractivity contribution in [2.24, 2.45) is 0 Å². The van der Waals surface area contributed by atoms with Gasteiger partial charge in [0.05, 0.1) is 25.1 Å². The second-order valence-electron chi connectivity index (χ2n) is 7.91. The van der Waals surface area contributed by atoms with Crippen LogP contribution in [-0.2, 0) is 9.59 Å². The zero-order valence-corrected chi connectivity index (χ0v) is 19.6. The van der Waals surface area contributed by atoms with Gasteiger partial charge in [-0.25, -0.2) is 14.6 Å². The van der Waals surface area contributed by atoms with Crippen LogP contribution in [-0.4, -0.2) is 31.6 Å². The van der Waals surface area contributed by atoms with E-state index in [9.17, 15) is 14.4 Å². The lowest BCUT2D eigenvalue weighted by atomic mass is 10.0. The highest BCUT2D eigenvalue weighted by molar-refractivity contribution is 6.46. The van der Waals surface area contributed by atoms with E-state index in [1.54, 1.807) is 78.9 Å². The number of rotatable bonds is 8. The number of para-hydroxylation sites is 2. The molecule has 4 amide bonds. The Kier molecular flexibility index (Phi) is 7.26. The maximum absolute atomic E-state index is 13.5. The summed E-state index contributed by atoms with van der Waals surface area (Å²) in [5.41, 5.74) is 1.17. The number of methoxy groups -OCH3 is 1. The second-order valence-corrected chi connectivity index (χ2v) is 7.91. The molecule has 0 saturated carbocycles. The van der Waals surface area contributed by atoms with Gasteiger partial charge in [0, 0.05) is 0 Å². The number of urea groups is 1. The van der Waals surface area contributed by atoms with Gasteiger partial charge in [-0.3, -0.25) is 9.59 Å². The molecule has 0 radical (unpaired) electrons. The van der Waals surface area contributed by atoms with Crippen LogP contribution >= 0.6 is 0 Å². The predicted octanol–water partition coefficient (Wildman–Crippen LogP) is 5.46. The molecule has 1 fully saturated rings. The van der Waals surface area contributed by atoms with E-state index < -0.39 is 17.8 Å². The SMILES string of the molecule is CCCCOc1ccc(C=C2C(=O)N(c3ccccc3)C(=O)N(c3ccccc3)C2=O)cc1OC. The number of barbiturate groups is 1. The fourth-order valence-corrected chi connectivity index (χ4v) is 3.73. The van der Waals surface area contributed by atoms with Crippen molar-refractivity contribution in [2.75, 3.05) is 23.5 Å². The Labute approximate surface area is 204 Å². The molecule has 1 heterocycles. The fraction of sp³-hybridized carbons (Fsp3) is 0.179. The van der Waals surface area contributed by atoms with Gasteiger partial charge < -0.3 is 9.47 Å². The lowest BCUT2D eigenvalue weighted by Gasteiger charge is -2.33. The van der Waals surface area contributed by atoms with E-state index in [1.807, 2.05) is 0 Å². The molecule has 1 saturated heterocycles. The Morgan fingerprint density at radius 2 is 1.34 bits per heavy atom. The van der Waals surface area contributed by atoms with Crippen LogP contribution in [0.25, 0.3) is 6.08 Å². The summed E-state index contributed by atoms with van der Waals surface area (Å²) in [4.78, 5) is 42.3. The number of nitrogens with zero attached hydrogens (tertiary/aromatic N) is 2. The van der Waals surface area contributed by atoms with Crippen molar-refractivity contribution in [3.05, 3.63) is 90.0 Å². The van der Waals surface area contributed by atoms with Crippen molar-refractivity contribution in [3.8, 4) is 11.5 Å². The monoisotopic (exact) mass is 470 g/mol. The fourth-order valence-electron chi connectivity index (χ4n) is 3.73. The zero-order chi connectivity index (χ0) is 24.8. The predicted molar refractivity (Wildman–Crippen MR) is 135 cm³/mol. The van der Waals surface area contributed by atoms with Gasteiger partial charge in [-0.15, -0.1) is 0 Å². The topological polar surface area (TPSA) is 76.2 Å². The summed E-state index contributed by atoms with van der Waals surface area (Å²) in [5.74, 6) is -0.320. The summed E-state index contributed by atoms with van der Waals surface area (Å²) < 4.78 is 11.2. The van der Waals surface area contributed by atoms with Crippen LogP contribution in [0.15, 0.2) is 84.4 Å². The van der Waals surface area contributed by atoms with Gasteiger partial charge >= 0.3 is 6.03 Å². The zero-order valence-electron chi connectivity index (χ0n) is 19.6. The van der Waals surface area contributed by atoms with E-state index >= 15 is 0 Å². The van der Waals surface area contributed by atoms with Crippen LogP contribution in [0.5, 0.6) is 11.5 Å². The molecule has 0 atom stereocenters. The average molecular weight is 471 g/mol. The minimum atomic E-state index is -0.730. The van der Waals surface area contributed by atoms with Crippen molar-refractivity contribution in [3.63, 3.8) is 0 Å². The molecule has 1 aliphatic heterocycles. The third kappa shape index (κ3) is 4.94. The number of carbonyl (C=O) groups is 3.